The average Bonchev–Trinajstić information content (AvgIpc) is 2.94. The van der Waals surface area contributed by atoms with E-state index in [-0.39, 0.29) is 11.9 Å². The number of unbranched alkanes of at least 4 members (excludes halogenated alkanes) is 9. The molecule has 38 heavy (non-hydrogen) atoms. The van der Waals surface area contributed by atoms with Crippen molar-refractivity contribution in [2.45, 2.75) is 64.2 Å². The number of benzene rings is 3. The van der Waals surface area contributed by atoms with Crippen LogP contribution in [0.25, 0.3) is 0 Å². The zero-order valence-corrected chi connectivity index (χ0v) is 23.6. The van der Waals surface area contributed by atoms with Gasteiger partial charge in [0.2, 0.25) is 5.96 Å². The van der Waals surface area contributed by atoms with Gasteiger partial charge in [0.05, 0.1) is 6.16 Å². The van der Waals surface area contributed by atoms with E-state index in [1.54, 1.807) is 0 Å². The summed E-state index contributed by atoms with van der Waals surface area (Å²) in [6.45, 7) is 0.682. The topological polar surface area (TPSA) is 103 Å². The highest BCUT2D eigenvalue weighted by molar-refractivity contribution is 7.95. The van der Waals surface area contributed by atoms with Crippen LogP contribution in [0.3, 0.4) is 0 Å². The minimum absolute atomic E-state index is 0.0455. The Kier molecular flexibility index (Phi) is 12.9. The van der Waals surface area contributed by atoms with Crippen LogP contribution < -0.4 is 33.1 Å². The Morgan fingerprint density at radius 2 is 0.868 bits per heavy atom. The summed E-state index contributed by atoms with van der Waals surface area (Å²) in [6.07, 6.45) is 13.8. The fourth-order valence-electron chi connectivity index (χ4n) is 5.12. The molecule has 3 aromatic carbocycles. The molecule has 5 nitrogen and oxygen atoms in total. The number of hydrogen-bond acceptors (Lipinski definition) is 1. The van der Waals surface area contributed by atoms with Crippen molar-refractivity contribution in [3.63, 3.8) is 0 Å². The lowest BCUT2D eigenvalue weighted by atomic mass is 10.1. The van der Waals surface area contributed by atoms with Crippen LogP contribution in [-0.4, -0.2) is 24.6 Å². The molecule has 0 bridgehead atoms. The number of aliphatic imine (C=N–C) groups is 2. The van der Waals surface area contributed by atoms with E-state index in [1.165, 1.54) is 79.9 Å². The SMILES string of the molecule is NC(N)=NC(N)=NCCCCCCCCCCCC[P+](c1ccccc1)(c1ccccc1)c1ccccc1. The van der Waals surface area contributed by atoms with Crippen molar-refractivity contribution < 1.29 is 0 Å². The van der Waals surface area contributed by atoms with Crippen molar-refractivity contribution in [2.24, 2.45) is 27.2 Å². The van der Waals surface area contributed by atoms with Crippen LogP contribution in [0.2, 0.25) is 0 Å². The predicted octanol–water partition coefficient (Wildman–Crippen LogP) is 5.47. The van der Waals surface area contributed by atoms with Gasteiger partial charge in [-0.3, -0.25) is 4.99 Å². The van der Waals surface area contributed by atoms with Crippen molar-refractivity contribution in [2.75, 3.05) is 12.7 Å². The Morgan fingerprint density at radius 3 is 1.26 bits per heavy atom. The van der Waals surface area contributed by atoms with Gasteiger partial charge in [-0.1, -0.05) is 99.5 Å². The number of rotatable bonds is 16. The van der Waals surface area contributed by atoms with E-state index in [0.717, 1.165) is 6.42 Å². The van der Waals surface area contributed by atoms with Crippen molar-refractivity contribution in [1.82, 2.24) is 0 Å². The summed E-state index contributed by atoms with van der Waals surface area (Å²) in [5, 5.41) is 4.46. The molecule has 0 aliphatic rings. The minimum atomic E-state index is -1.68. The van der Waals surface area contributed by atoms with E-state index < -0.39 is 7.26 Å². The highest BCUT2D eigenvalue weighted by Crippen LogP contribution is 2.56. The van der Waals surface area contributed by atoms with Crippen LogP contribution >= 0.6 is 7.26 Å². The van der Waals surface area contributed by atoms with Gasteiger partial charge in [-0.05, 0) is 55.7 Å². The minimum Gasteiger partial charge on any atom is -0.370 e. The molecule has 0 radical (unpaired) electrons. The molecule has 0 saturated heterocycles. The summed E-state index contributed by atoms with van der Waals surface area (Å²) in [4.78, 5) is 7.89. The lowest BCUT2D eigenvalue weighted by molar-refractivity contribution is 0.558. The number of guanidine groups is 2. The summed E-state index contributed by atoms with van der Waals surface area (Å²) >= 11 is 0. The molecule has 0 spiro atoms. The smallest absolute Gasteiger partial charge is 0.218 e. The quantitative estimate of drug-likeness (QED) is 0.0990. The first-order valence-corrected chi connectivity index (χ1v) is 16.0. The van der Waals surface area contributed by atoms with Gasteiger partial charge >= 0.3 is 0 Å². The number of nitrogens with two attached hydrogens (primary N) is 3. The lowest BCUT2D eigenvalue weighted by Crippen LogP contribution is -2.33. The maximum Gasteiger partial charge on any atom is 0.218 e. The van der Waals surface area contributed by atoms with Gasteiger partial charge < -0.3 is 17.2 Å². The maximum absolute atomic E-state index is 5.62. The molecule has 0 amide bonds. The largest absolute Gasteiger partial charge is 0.370 e. The Balaban J connectivity index is 1.44. The van der Waals surface area contributed by atoms with E-state index in [2.05, 4.69) is 101 Å². The van der Waals surface area contributed by atoms with E-state index in [0.29, 0.717) is 6.54 Å². The average molecular weight is 531 g/mol. The van der Waals surface area contributed by atoms with Crippen molar-refractivity contribution in [3.8, 4) is 0 Å². The van der Waals surface area contributed by atoms with E-state index in [1.807, 2.05) is 0 Å². The summed E-state index contributed by atoms with van der Waals surface area (Å²) in [5.74, 6) is 0.122. The first kappa shape index (κ1) is 29.4. The molecule has 0 atom stereocenters. The molecule has 0 unspecified atom stereocenters. The fourth-order valence-corrected chi connectivity index (χ4v) is 9.53. The summed E-state index contributed by atoms with van der Waals surface area (Å²) in [7, 11) is -1.68. The second-order valence-corrected chi connectivity index (χ2v) is 13.5. The van der Waals surface area contributed by atoms with Gasteiger partial charge in [-0.15, -0.1) is 0 Å². The molecule has 6 N–H and O–H groups in total. The van der Waals surface area contributed by atoms with Crippen molar-refractivity contribution in [1.29, 1.82) is 0 Å². The van der Waals surface area contributed by atoms with Crippen LogP contribution in [0.15, 0.2) is 101 Å². The maximum atomic E-state index is 5.62. The third-order valence-electron chi connectivity index (χ3n) is 7.01. The Labute approximate surface area is 230 Å². The first-order chi connectivity index (χ1) is 18.6. The molecular weight excluding hydrogens is 485 g/mol. The first-order valence-electron chi connectivity index (χ1n) is 14.1. The van der Waals surface area contributed by atoms with E-state index in [4.69, 9.17) is 17.2 Å². The van der Waals surface area contributed by atoms with E-state index >= 15 is 0 Å². The second-order valence-electron chi connectivity index (χ2n) is 9.85. The third kappa shape index (κ3) is 9.29. The predicted molar refractivity (Wildman–Crippen MR) is 168 cm³/mol. The Bertz CT molecular complexity index is 1000. The molecule has 0 aromatic heterocycles. The highest BCUT2D eigenvalue weighted by atomic mass is 31.2. The zero-order chi connectivity index (χ0) is 26.9. The van der Waals surface area contributed by atoms with Crippen LogP contribution in [-0.2, 0) is 0 Å². The number of hydrogen-bond donors (Lipinski definition) is 3. The zero-order valence-electron chi connectivity index (χ0n) is 22.7. The van der Waals surface area contributed by atoms with E-state index in [9.17, 15) is 0 Å². The van der Waals surface area contributed by atoms with Crippen LogP contribution in [0, 0.1) is 0 Å². The summed E-state index contributed by atoms with van der Waals surface area (Å²) < 4.78 is 0. The van der Waals surface area contributed by atoms with Crippen molar-refractivity contribution >= 4 is 35.1 Å². The monoisotopic (exact) mass is 530 g/mol. The van der Waals surface area contributed by atoms with Crippen LogP contribution in [0.5, 0.6) is 0 Å². The molecule has 0 heterocycles. The van der Waals surface area contributed by atoms with Gasteiger partial charge in [0.15, 0.2) is 5.96 Å². The van der Waals surface area contributed by atoms with Crippen molar-refractivity contribution in [3.05, 3.63) is 91.0 Å². The molecule has 0 aliphatic heterocycles. The van der Waals surface area contributed by atoms with Gasteiger partial charge in [0.25, 0.3) is 0 Å². The Hall–Kier alpha value is -3.17. The van der Waals surface area contributed by atoms with Gasteiger partial charge in [-0.25, -0.2) is 0 Å². The molecule has 0 aliphatic carbocycles. The number of nitrogens with zero attached hydrogens (tertiary/aromatic N) is 2. The third-order valence-corrected chi connectivity index (χ3v) is 11.5. The Morgan fingerprint density at radius 1 is 0.500 bits per heavy atom. The molecule has 202 valence electrons. The second kappa shape index (κ2) is 16.6. The van der Waals surface area contributed by atoms with Crippen LogP contribution in [0.1, 0.15) is 64.2 Å². The van der Waals surface area contributed by atoms with Gasteiger partial charge in [-0.2, -0.15) is 4.99 Å². The molecule has 0 saturated carbocycles. The molecule has 3 rings (SSSR count). The normalized spacial score (nSPS) is 11.8. The lowest BCUT2D eigenvalue weighted by Gasteiger charge is -2.27. The van der Waals surface area contributed by atoms with Gasteiger partial charge in [0, 0.05) is 6.54 Å². The highest BCUT2D eigenvalue weighted by Gasteiger charge is 2.44. The fraction of sp³-hybridized carbons (Fsp3) is 0.375. The molecule has 6 heteroatoms. The standard InChI is InChI=1S/C32H45N5P/c33-31(34)37-32(35)36-26-18-7-5-3-1-2-4-6-8-19-27-38(28-20-12-9-13-21-28,29-22-14-10-15-23-29)30-24-16-11-17-25-30/h9-17,20-25H,1-8,18-19,26-27H2,(H6,33,34,35,36,37)/q+1. The van der Waals surface area contributed by atoms with Crippen LogP contribution in [0.4, 0.5) is 0 Å². The summed E-state index contributed by atoms with van der Waals surface area (Å²) in [5.41, 5.74) is 16.2. The summed E-state index contributed by atoms with van der Waals surface area (Å²) in [6, 6.07) is 33.7. The molecule has 0 fully saturated rings. The molecule has 3 aromatic rings. The van der Waals surface area contributed by atoms with Gasteiger partial charge in [0.1, 0.15) is 23.2 Å². The molecular formula is C32H45N5P+.